The normalized spacial score (nSPS) is 21.0. The lowest BCUT2D eigenvalue weighted by molar-refractivity contribution is -0.385. The van der Waals surface area contributed by atoms with Crippen LogP contribution in [-0.4, -0.2) is 47.3 Å². The minimum atomic E-state index is -1.21. The zero-order valence-electron chi connectivity index (χ0n) is 22.0. The monoisotopic (exact) mass is 582 g/mol. The molecule has 0 saturated carbocycles. The number of nitro groups is 1. The maximum absolute atomic E-state index is 13.9. The molecule has 0 unspecified atom stereocenters. The van der Waals surface area contributed by atoms with Crippen molar-refractivity contribution >= 4 is 46.2 Å². The largest absolute Gasteiger partial charge is 0.493 e. The van der Waals surface area contributed by atoms with Crippen LogP contribution in [0, 0.1) is 16.0 Å². The second-order valence-corrected chi connectivity index (χ2v) is 10.5. The zero-order valence-corrected chi connectivity index (χ0v) is 23.5. The minimum Gasteiger partial charge on any atom is -0.493 e. The molecule has 2 heterocycles. The van der Waals surface area contributed by atoms with Gasteiger partial charge in [0.2, 0.25) is 5.91 Å². The number of anilines is 1. The van der Waals surface area contributed by atoms with Gasteiger partial charge in [-0.05, 0) is 73.6 Å². The average Bonchev–Trinajstić information content (AvgIpc) is 2.93. The molecule has 2 aliphatic heterocycles. The van der Waals surface area contributed by atoms with E-state index < -0.39 is 22.6 Å². The number of amides is 1. The van der Waals surface area contributed by atoms with Crippen LogP contribution in [-0.2, 0) is 11.2 Å². The van der Waals surface area contributed by atoms with Gasteiger partial charge < -0.3 is 29.7 Å². The lowest BCUT2D eigenvalue weighted by Crippen LogP contribution is -2.71. The zero-order chi connectivity index (χ0) is 28.6. The van der Waals surface area contributed by atoms with E-state index >= 15 is 0 Å². The van der Waals surface area contributed by atoms with E-state index in [0.29, 0.717) is 51.6 Å². The number of nitrogens with zero attached hydrogens (tertiary/aromatic N) is 2. The molecule has 3 atom stereocenters. The van der Waals surface area contributed by atoms with Crippen molar-refractivity contribution in [3.8, 4) is 17.2 Å². The molecule has 0 aliphatic carbocycles. The van der Waals surface area contributed by atoms with Gasteiger partial charge in [-0.2, -0.15) is 0 Å². The molecule has 1 saturated heterocycles. The van der Waals surface area contributed by atoms with E-state index in [-0.39, 0.29) is 11.6 Å². The van der Waals surface area contributed by atoms with E-state index in [0.717, 1.165) is 5.56 Å². The number of hydrogen-bond donors (Lipinski definition) is 2. The maximum Gasteiger partial charge on any atom is 0.270 e. The lowest BCUT2D eigenvalue weighted by atomic mass is 9.78. The summed E-state index contributed by atoms with van der Waals surface area (Å²) in [4.78, 5) is 26.8. The smallest absolute Gasteiger partial charge is 0.270 e. The summed E-state index contributed by atoms with van der Waals surface area (Å²) in [7, 11) is 3.16. The summed E-state index contributed by atoms with van der Waals surface area (Å²) < 4.78 is 17.3. The standard InChI is InChI=1S/C28H27ClN4O6S/c1-28-24(26(34)30-18-7-5-17(29)6-8-18)25(20-15-19(33(35)36)9-11-21(20)39-28)31-27(40)32(28)13-12-16-4-10-22(37-2)23(14-16)38-3/h4-11,14-15,24-25H,12-13H2,1-3H3,(H,30,34)(H,31,40)/t24-,25-,28-/m0/s1. The first-order chi connectivity index (χ1) is 19.1. The average molecular weight is 583 g/mol. The number of carbonyl (C=O) groups excluding carboxylic acids is 1. The Bertz CT molecular complexity index is 1490. The van der Waals surface area contributed by atoms with Gasteiger partial charge in [-0.1, -0.05) is 17.7 Å². The molecule has 0 spiro atoms. The summed E-state index contributed by atoms with van der Waals surface area (Å²) in [6.07, 6.45) is 0.560. The number of rotatable bonds is 8. The Morgan fingerprint density at radius 3 is 2.55 bits per heavy atom. The highest BCUT2D eigenvalue weighted by Gasteiger charge is 2.58. The minimum absolute atomic E-state index is 0.105. The molecule has 2 bridgehead atoms. The van der Waals surface area contributed by atoms with E-state index in [1.54, 1.807) is 44.6 Å². The van der Waals surface area contributed by atoms with Crippen LogP contribution in [0.25, 0.3) is 0 Å². The predicted molar refractivity (Wildman–Crippen MR) is 154 cm³/mol. The molecular formula is C28H27ClN4O6S. The summed E-state index contributed by atoms with van der Waals surface area (Å²) in [5.74, 6) is 0.513. The maximum atomic E-state index is 13.9. The lowest BCUT2D eigenvalue weighted by Gasteiger charge is -2.56. The molecule has 40 heavy (non-hydrogen) atoms. The molecule has 0 radical (unpaired) electrons. The first-order valence-electron chi connectivity index (χ1n) is 12.5. The molecule has 12 heteroatoms. The van der Waals surface area contributed by atoms with Crippen LogP contribution < -0.4 is 24.8 Å². The van der Waals surface area contributed by atoms with Crippen LogP contribution in [0.15, 0.2) is 60.7 Å². The first-order valence-corrected chi connectivity index (χ1v) is 13.3. The van der Waals surface area contributed by atoms with Crippen molar-refractivity contribution in [1.29, 1.82) is 0 Å². The van der Waals surface area contributed by atoms with Crippen LogP contribution in [0.1, 0.15) is 24.1 Å². The van der Waals surface area contributed by atoms with Gasteiger partial charge >= 0.3 is 0 Å². The quantitative estimate of drug-likeness (QED) is 0.212. The fourth-order valence-corrected chi connectivity index (χ4v) is 5.83. The second-order valence-electron chi connectivity index (χ2n) is 9.63. The van der Waals surface area contributed by atoms with Gasteiger partial charge in [0.25, 0.3) is 5.69 Å². The van der Waals surface area contributed by atoms with E-state index in [1.807, 2.05) is 30.0 Å². The Kier molecular flexibility index (Phi) is 7.43. The topological polar surface area (TPSA) is 115 Å². The molecular weight excluding hydrogens is 556 g/mol. The van der Waals surface area contributed by atoms with Crippen molar-refractivity contribution in [3.05, 3.63) is 86.9 Å². The number of ether oxygens (including phenoxy) is 3. The number of nitrogens with one attached hydrogen (secondary N) is 2. The van der Waals surface area contributed by atoms with E-state index in [2.05, 4.69) is 10.6 Å². The van der Waals surface area contributed by atoms with Crippen LogP contribution in [0.2, 0.25) is 5.02 Å². The highest BCUT2D eigenvalue weighted by atomic mass is 35.5. The highest BCUT2D eigenvalue weighted by Crippen LogP contribution is 2.49. The van der Waals surface area contributed by atoms with E-state index in [9.17, 15) is 14.9 Å². The molecule has 208 valence electrons. The van der Waals surface area contributed by atoms with Gasteiger partial charge in [0.05, 0.1) is 25.2 Å². The van der Waals surface area contributed by atoms with Crippen molar-refractivity contribution < 1.29 is 23.9 Å². The van der Waals surface area contributed by atoms with Gasteiger partial charge in [-0.15, -0.1) is 0 Å². The van der Waals surface area contributed by atoms with Crippen molar-refractivity contribution in [2.24, 2.45) is 5.92 Å². The number of thiocarbonyl (C=S) groups is 1. The molecule has 3 aromatic carbocycles. The Balaban J connectivity index is 1.51. The van der Waals surface area contributed by atoms with Crippen LogP contribution >= 0.6 is 23.8 Å². The van der Waals surface area contributed by atoms with Gasteiger partial charge in [-0.3, -0.25) is 14.9 Å². The molecule has 10 nitrogen and oxygen atoms in total. The molecule has 0 aromatic heterocycles. The summed E-state index contributed by atoms with van der Waals surface area (Å²) in [6, 6.07) is 16.1. The summed E-state index contributed by atoms with van der Waals surface area (Å²) in [5.41, 5.74) is 0.709. The van der Waals surface area contributed by atoms with E-state index in [4.69, 9.17) is 38.0 Å². The fourth-order valence-electron chi connectivity index (χ4n) is 5.31. The third kappa shape index (κ3) is 4.98. The number of benzene rings is 3. The second kappa shape index (κ2) is 10.8. The van der Waals surface area contributed by atoms with Crippen LogP contribution in [0.5, 0.6) is 17.2 Å². The molecule has 5 rings (SSSR count). The molecule has 2 N–H and O–H groups in total. The Hall–Kier alpha value is -4.09. The van der Waals surface area contributed by atoms with E-state index in [1.165, 1.54) is 12.1 Å². The van der Waals surface area contributed by atoms with Crippen molar-refractivity contribution in [3.63, 3.8) is 0 Å². The summed E-state index contributed by atoms with van der Waals surface area (Å²) in [5, 5.41) is 18.7. The number of methoxy groups -OCH3 is 2. The number of halogens is 1. The first kappa shape index (κ1) is 27.5. The third-order valence-corrected chi connectivity index (χ3v) is 7.88. The Morgan fingerprint density at radius 2 is 1.88 bits per heavy atom. The van der Waals surface area contributed by atoms with Crippen molar-refractivity contribution in [2.75, 3.05) is 26.1 Å². The SMILES string of the molecule is COc1ccc(CCN2C(=S)N[C@H]3c4cc([N+](=O)[O-])ccc4O[C@@]2(C)[C@@H]3C(=O)Nc2ccc(Cl)cc2)cc1OC. The highest BCUT2D eigenvalue weighted by molar-refractivity contribution is 7.80. The number of hydrogen-bond acceptors (Lipinski definition) is 7. The number of fused-ring (bicyclic) bond motifs is 4. The molecule has 2 aliphatic rings. The Morgan fingerprint density at radius 1 is 1.15 bits per heavy atom. The van der Waals surface area contributed by atoms with Gasteiger partial charge in [-0.25, -0.2) is 0 Å². The molecule has 1 amide bonds. The predicted octanol–water partition coefficient (Wildman–Crippen LogP) is 5.10. The van der Waals surface area contributed by atoms with Gasteiger partial charge in [0.1, 0.15) is 11.7 Å². The Labute approximate surface area is 241 Å². The van der Waals surface area contributed by atoms with Crippen molar-refractivity contribution in [2.45, 2.75) is 25.1 Å². The molecule has 1 fully saturated rings. The van der Waals surface area contributed by atoms with Crippen LogP contribution in [0.3, 0.4) is 0 Å². The number of carbonyl (C=O) groups is 1. The fraction of sp³-hybridized carbons (Fsp3) is 0.286. The van der Waals surface area contributed by atoms with Crippen LogP contribution in [0.4, 0.5) is 11.4 Å². The third-order valence-electron chi connectivity index (χ3n) is 7.29. The summed E-state index contributed by atoms with van der Waals surface area (Å²) in [6.45, 7) is 2.23. The summed E-state index contributed by atoms with van der Waals surface area (Å²) >= 11 is 11.8. The van der Waals surface area contributed by atoms with Gasteiger partial charge in [0, 0.05) is 35.0 Å². The number of non-ortho nitro benzene ring substituents is 1. The molecule has 3 aromatic rings. The van der Waals surface area contributed by atoms with Crippen molar-refractivity contribution in [1.82, 2.24) is 10.2 Å². The van der Waals surface area contributed by atoms with Gasteiger partial charge in [0.15, 0.2) is 22.3 Å². The number of nitro benzene ring substituents is 1.